The third-order valence-electron chi connectivity index (χ3n) is 5.16. The van der Waals surface area contributed by atoms with Gasteiger partial charge in [-0.05, 0) is 37.1 Å². The maximum Gasteiger partial charge on any atom is 0.222 e. The smallest absolute Gasteiger partial charge is 0.222 e. The number of hydrogen-bond acceptors (Lipinski definition) is 5. The van der Waals surface area contributed by atoms with Crippen molar-refractivity contribution in [1.82, 2.24) is 15.0 Å². The summed E-state index contributed by atoms with van der Waals surface area (Å²) in [6.07, 6.45) is 2.19. The van der Waals surface area contributed by atoms with Crippen LogP contribution in [0.15, 0.2) is 48.7 Å². The van der Waals surface area contributed by atoms with E-state index in [4.69, 9.17) is 11.6 Å². The lowest BCUT2D eigenvalue weighted by Gasteiger charge is -2.14. The number of nitrogens with one attached hydrogen (secondary N) is 2. The van der Waals surface area contributed by atoms with Crippen molar-refractivity contribution in [1.29, 1.82) is 0 Å². The Bertz CT molecular complexity index is 1090. The summed E-state index contributed by atoms with van der Waals surface area (Å²) in [7, 11) is 1.73. The van der Waals surface area contributed by atoms with Crippen LogP contribution in [-0.4, -0.2) is 32.9 Å². The largest absolute Gasteiger partial charge is 0.392 e. The normalized spacial score (nSPS) is 11.9. The van der Waals surface area contributed by atoms with Crippen LogP contribution >= 0.6 is 11.6 Å². The number of carbonyl (C=O) groups excluding carboxylic acids is 1. The van der Waals surface area contributed by atoms with Crippen LogP contribution in [0.25, 0.3) is 11.3 Å². The second-order valence-electron chi connectivity index (χ2n) is 7.20. The highest BCUT2D eigenvalue weighted by molar-refractivity contribution is 6.30. The number of nitrogens with zero attached hydrogens (tertiary/aromatic N) is 2. The molecule has 0 saturated carbocycles. The van der Waals surface area contributed by atoms with Crippen molar-refractivity contribution in [2.75, 3.05) is 12.4 Å². The molecule has 0 aliphatic carbocycles. The van der Waals surface area contributed by atoms with Crippen molar-refractivity contribution in [3.05, 3.63) is 76.2 Å². The number of anilines is 1. The summed E-state index contributed by atoms with van der Waals surface area (Å²) in [4.78, 5) is 25.0. The Balaban J connectivity index is 1.91. The summed E-state index contributed by atoms with van der Waals surface area (Å²) in [5.74, 6) is -0.0880. The average molecular weight is 425 g/mol. The first-order chi connectivity index (χ1) is 14.3. The van der Waals surface area contributed by atoms with Gasteiger partial charge in [-0.15, -0.1) is 0 Å². The summed E-state index contributed by atoms with van der Waals surface area (Å²) in [6.45, 7) is 7.53. The van der Waals surface area contributed by atoms with Crippen molar-refractivity contribution < 1.29 is 9.90 Å². The highest BCUT2D eigenvalue weighted by Crippen LogP contribution is 2.32. The second-order valence-corrected chi connectivity index (χ2v) is 7.64. The number of aromatic amines is 1. The number of hydrogen-bond donors (Lipinski definition) is 3. The zero-order chi connectivity index (χ0) is 21.8. The highest BCUT2D eigenvalue weighted by atomic mass is 35.5. The molecule has 0 aliphatic heterocycles. The molecule has 0 amide bonds. The summed E-state index contributed by atoms with van der Waals surface area (Å²) in [5.41, 5.74) is 4.80. The molecule has 2 heterocycles. The van der Waals surface area contributed by atoms with Gasteiger partial charge in [0.1, 0.15) is 0 Å². The van der Waals surface area contributed by atoms with Crippen molar-refractivity contribution >= 4 is 23.3 Å². The predicted molar refractivity (Wildman–Crippen MR) is 120 cm³/mol. The van der Waals surface area contributed by atoms with Crippen molar-refractivity contribution in [3.63, 3.8) is 0 Å². The monoisotopic (exact) mass is 424 g/mol. The minimum atomic E-state index is -0.432. The summed E-state index contributed by atoms with van der Waals surface area (Å²) >= 11 is 6.06. The number of Topliss-reactive ketones (excluding diaryl/α,β-unsaturated/α-hetero) is 1. The quantitative estimate of drug-likeness (QED) is 0.363. The van der Waals surface area contributed by atoms with E-state index in [0.717, 1.165) is 16.8 Å². The SMILES string of the molecule is C=C(Cc1cccc(Cl)c1)C(C)C(=O)c1[nH]c(C)c(-c2ccnc(NC)n2)c1CO. The van der Waals surface area contributed by atoms with E-state index in [9.17, 15) is 9.90 Å². The van der Waals surface area contributed by atoms with E-state index >= 15 is 0 Å². The molecule has 3 aromatic rings. The van der Waals surface area contributed by atoms with Crippen LogP contribution in [0.4, 0.5) is 5.95 Å². The first kappa shape index (κ1) is 21.7. The van der Waals surface area contributed by atoms with Gasteiger partial charge in [-0.2, -0.15) is 0 Å². The predicted octanol–water partition coefficient (Wildman–Crippen LogP) is 4.59. The number of benzene rings is 1. The number of H-pyrrole nitrogens is 1. The number of carbonyl (C=O) groups is 1. The lowest BCUT2D eigenvalue weighted by atomic mass is 9.89. The molecule has 0 bridgehead atoms. The van der Waals surface area contributed by atoms with Gasteiger partial charge in [0, 0.05) is 41.0 Å². The zero-order valence-corrected chi connectivity index (χ0v) is 18.0. The molecule has 1 aromatic carbocycles. The summed E-state index contributed by atoms with van der Waals surface area (Å²) in [6, 6.07) is 9.27. The molecule has 3 rings (SSSR count). The van der Waals surface area contributed by atoms with Crippen molar-refractivity contribution in [2.45, 2.75) is 26.9 Å². The Labute approximate surface area is 181 Å². The number of aliphatic hydroxyl groups is 1. The minimum Gasteiger partial charge on any atom is -0.392 e. The van der Waals surface area contributed by atoms with E-state index in [1.54, 1.807) is 19.3 Å². The van der Waals surface area contributed by atoms with Gasteiger partial charge >= 0.3 is 0 Å². The van der Waals surface area contributed by atoms with Gasteiger partial charge < -0.3 is 15.4 Å². The van der Waals surface area contributed by atoms with Crippen LogP contribution < -0.4 is 5.32 Å². The number of aromatic nitrogens is 3. The van der Waals surface area contributed by atoms with E-state index in [1.807, 2.05) is 38.1 Å². The van der Waals surface area contributed by atoms with E-state index in [1.165, 1.54) is 0 Å². The fourth-order valence-electron chi connectivity index (χ4n) is 3.47. The zero-order valence-electron chi connectivity index (χ0n) is 17.3. The lowest BCUT2D eigenvalue weighted by molar-refractivity contribution is 0.0939. The lowest BCUT2D eigenvalue weighted by Crippen LogP contribution is -2.17. The summed E-state index contributed by atoms with van der Waals surface area (Å²) in [5, 5.41) is 13.6. The maximum absolute atomic E-state index is 13.3. The second kappa shape index (κ2) is 9.24. The number of halogens is 1. The van der Waals surface area contributed by atoms with E-state index in [-0.39, 0.29) is 12.4 Å². The molecule has 3 N–H and O–H groups in total. The van der Waals surface area contributed by atoms with Gasteiger partial charge in [0.25, 0.3) is 0 Å². The minimum absolute atomic E-state index is 0.122. The first-order valence-corrected chi connectivity index (χ1v) is 10.0. The fraction of sp³-hybridized carbons (Fsp3) is 0.261. The average Bonchev–Trinajstić information content (AvgIpc) is 3.08. The molecule has 0 radical (unpaired) electrons. The van der Waals surface area contributed by atoms with Crippen LogP contribution in [0.2, 0.25) is 5.02 Å². The number of allylic oxidation sites excluding steroid dienone is 1. The molecule has 156 valence electrons. The van der Waals surface area contributed by atoms with E-state index < -0.39 is 5.92 Å². The van der Waals surface area contributed by atoms with Crippen LogP contribution in [0.3, 0.4) is 0 Å². The van der Waals surface area contributed by atoms with Gasteiger partial charge in [-0.3, -0.25) is 4.79 Å². The van der Waals surface area contributed by atoms with Crippen LogP contribution in [0.5, 0.6) is 0 Å². The topological polar surface area (TPSA) is 90.9 Å². The Morgan fingerprint density at radius 2 is 2.13 bits per heavy atom. The van der Waals surface area contributed by atoms with Gasteiger partial charge in [-0.1, -0.05) is 42.8 Å². The molecule has 1 unspecified atom stereocenters. The van der Waals surface area contributed by atoms with Gasteiger partial charge in [-0.25, -0.2) is 9.97 Å². The number of aryl methyl sites for hydroxylation is 1. The van der Waals surface area contributed by atoms with Crippen molar-refractivity contribution in [3.8, 4) is 11.3 Å². The number of ketones is 1. The third-order valence-corrected chi connectivity index (χ3v) is 5.39. The van der Waals surface area contributed by atoms with Crippen LogP contribution in [0, 0.1) is 12.8 Å². The molecule has 6 nitrogen and oxygen atoms in total. The number of aliphatic hydroxyl groups excluding tert-OH is 1. The van der Waals surface area contributed by atoms with Gasteiger partial charge in [0.15, 0.2) is 5.78 Å². The van der Waals surface area contributed by atoms with Crippen LogP contribution in [0.1, 0.15) is 34.2 Å². The third kappa shape index (κ3) is 4.45. The van der Waals surface area contributed by atoms with Crippen LogP contribution in [-0.2, 0) is 13.0 Å². The number of rotatable bonds is 8. The molecule has 30 heavy (non-hydrogen) atoms. The Hall–Kier alpha value is -2.96. The van der Waals surface area contributed by atoms with Gasteiger partial charge in [0.2, 0.25) is 5.95 Å². The molecular formula is C23H25ClN4O2. The molecule has 0 saturated heterocycles. The molecule has 1 atom stereocenters. The molecule has 0 fully saturated rings. The highest BCUT2D eigenvalue weighted by Gasteiger charge is 2.26. The van der Waals surface area contributed by atoms with Gasteiger partial charge in [0.05, 0.1) is 18.0 Å². The standard InChI is InChI=1S/C23H25ClN4O2/c1-13(10-16-6-5-7-17(24)11-16)14(2)22(30)21-18(12-29)20(15(3)27-21)19-8-9-26-23(25-4)28-19/h5-9,11,14,27,29H,1,10,12H2,2-4H3,(H,25,26,28). The molecule has 7 heteroatoms. The van der Waals surface area contributed by atoms with E-state index in [2.05, 4.69) is 26.8 Å². The maximum atomic E-state index is 13.3. The molecule has 0 spiro atoms. The fourth-order valence-corrected chi connectivity index (χ4v) is 3.69. The Morgan fingerprint density at radius 3 is 2.80 bits per heavy atom. The molecular weight excluding hydrogens is 400 g/mol. The van der Waals surface area contributed by atoms with Crippen molar-refractivity contribution in [2.24, 2.45) is 5.92 Å². The summed E-state index contributed by atoms with van der Waals surface area (Å²) < 4.78 is 0. The molecule has 0 aliphatic rings. The molecule has 2 aromatic heterocycles. The Kier molecular flexibility index (Phi) is 6.70. The first-order valence-electron chi connectivity index (χ1n) is 9.65. The van der Waals surface area contributed by atoms with E-state index in [0.29, 0.717) is 39.9 Å². The Morgan fingerprint density at radius 1 is 1.37 bits per heavy atom.